The molecule has 3 aromatic carbocycles. The summed E-state index contributed by atoms with van der Waals surface area (Å²) < 4.78 is 0.522. The van der Waals surface area contributed by atoms with Crippen molar-refractivity contribution in [3.05, 3.63) is 141 Å². The molecule has 1 amide bonds. The maximum Gasteiger partial charge on any atom is 0.327 e. The number of nitrogens with zero attached hydrogens (tertiary/aromatic N) is 2. The third-order valence-electron chi connectivity index (χ3n) is 6.20. The summed E-state index contributed by atoms with van der Waals surface area (Å²) in [6.07, 6.45) is 2.72. The second kappa shape index (κ2) is 11.0. The zero-order chi connectivity index (χ0) is 26.5. The van der Waals surface area contributed by atoms with Crippen LogP contribution < -0.4 is 10.9 Å². The molecule has 0 saturated carbocycles. The van der Waals surface area contributed by atoms with E-state index in [1.807, 2.05) is 91.0 Å². The number of hydrogen-bond donors (Lipinski definition) is 2. The molecule has 0 aliphatic heterocycles. The first-order valence-corrected chi connectivity index (χ1v) is 13.7. The van der Waals surface area contributed by atoms with E-state index in [-0.39, 0.29) is 11.3 Å². The number of thiazole rings is 1. The second-order valence-corrected chi connectivity index (χ2v) is 10.6. The van der Waals surface area contributed by atoms with Crippen LogP contribution in [0.5, 0.6) is 0 Å². The third kappa shape index (κ3) is 4.85. The number of rotatable bonds is 9. The van der Waals surface area contributed by atoms with Gasteiger partial charge in [0.25, 0.3) is 11.5 Å². The van der Waals surface area contributed by atoms with Crippen molar-refractivity contribution >= 4 is 39.9 Å². The van der Waals surface area contributed by atoms with E-state index in [0.29, 0.717) is 4.96 Å². The van der Waals surface area contributed by atoms with Crippen LogP contribution in [-0.4, -0.2) is 38.2 Å². The Hall–Kier alpha value is -4.21. The lowest BCUT2D eigenvalue weighted by molar-refractivity contribution is -0.138. The zero-order valence-corrected chi connectivity index (χ0v) is 21.7. The van der Waals surface area contributed by atoms with Crippen molar-refractivity contribution in [2.24, 2.45) is 0 Å². The number of aromatic nitrogens is 2. The number of carboxylic acid groups (broad SMARTS) is 1. The summed E-state index contributed by atoms with van der Waals surface area (Å²) in [4.78, 5) is 42.7. The molecule has 38 heavy (non-hydrogen) atoms. The van der Waals surface area contributed by atoms with Crippen LogP contribution in [0.4, 0.5) is 0 Å². The Morgan fingerprint density at radius 1 is 0.921 bits per heavy atom. The van der Waals surface area contributed by atoms with Crippen LogP contribution in [0.15, 0.2) is 114 Å². The Morgan fingerprint density at radius 3 is 1.95 bits per heavy atom. The minimum absolute atomic E-state index is 0.0369. The smallest absolute Gasteiger partial charge is 0.327 e. The van der Waals surface area contributed by atoms with E-state index in [9.17, 15) is 19.5 Å². The van der Waals surface area contributed by atoms with Gasteiger partial charge in [-0.2, -0.15) is 0 Å². The van der Waals surface area contributed by atoms with Gasteiger partial charge in [-0.1, -0.05) is 91.0 Å². The highest BCUT2D eigenvalue weighted by Gasteiger charge is 2.38. The lowest BCUT2D eigenvalue weighted by Crippen LogP contribution is -2.45. The van der Waals surface area contributed by atoms with Crippen LogP contribution in [0, 0.1) is 0 Å². The standard InChI is InChI=1S/C29H23N3O4S2/c33-25(23-18-30-28-32(26(23)34)16-17-37-28)31-24(27(35)36)19-38-29(20-10-4-1-5-11-20,21-12-6-2-7-13-21)22-14-8-3-9-15-22/h1-18,24H,19H2,(H,31,33)(H,35,36). The Morgan fingerprint density at radius 2 is 1.45 bits per heavy atom. The van der Waals surface area contributed by atoms with Gasteiger partial charge in [0, 0.05) is 23.5 Å². The predicted octanol–water partition coefficient (Wildman–Crippen LogP) is 4.66. The minimum Gasteiger partial charge on any atom is -0.480 e. The highest BCUT2D eigenvalue weighted by molar-refractivity contribution is 8.00. The van der Waals surface area contributed by atoms with Gasteiger partial charge < -0.3 is 10.4 Å². The molecule has 2 aromatic heterocycles. The van der Waals surface area contributed by atoms with Crippen molar-refractivity contribution in [3.63, 3.8) is 0 Å². The summed E-state index contributed by atoms with van der Waals surface area (Å²) in [6.45, 7) is 0. The van der Waals surface area contributed by atoms with Gasteiger partial charge in [-0.15, -0.1) is 23.1 Å². The molecule has 7 nitrogen and oxygen atoms in total. The average Bonchev–Trinajstić information content (AvgIpc) is 3.44. The highest BCUT2D eigenvalue weighted by Crippen LogP contribution is 2.48. The first-order valence-electron chi connectivity index (χ1n) is 11.8. The molecule has 0 radical (unpaired) electrons. The molecule has 0 spiro atoms. The number of aliphatic carboxylic acids is 1. The van der Waals surface area contributed by atoms with Crippen LogP contribution >= 0.6 is 23.1 Å². The van der Waals surface area contributed by atoms with Crippen LogP contribution in [0.25, 0.3) is 4.96 Å². The van der Waals surface area contributed by atoms with Crippen LogP contribution in [0.2, 0.25) is 0 Å². The van der Waals surface area contributed by atoms with Gasteiger partial charge in [0.2, 0.25) is 0 Å². The number of amides is 1. The Bertz CT molecular complexity index is 1520. The van der Waals surface area contributed by atoms with E-state index in [1.165, 1.54) is 39.9 Å². The molecule has 0 aliphatic rings. The van der Waals surface area contributed by atoms with Crippen molar-refractivity contribution in [3.8, 4) is 0 Å². The fraction of sp³-hybridized carbons (Fsp3) is 0.103. The van der Waals surface area contributed by atoms with Crippen molar-refractivity contribution < 1.29 is 14.7 Å². The van der Waals surface area contributed by atoms with Gasteiger partial charge in [0.15, 0.2) is 4.96 Å². The van der Waals surface area contributed by atoms with Crippen molar-refractivity contribution in [2.75, 3.05) is 5.75 Å². The van der Waals surface area contributed by atoms with Crippen LogP contribution in [0.1, 0.15) is 27.0 Å². The fourth-order valence-electron chi connectivity index (χ4n) is 4.37. The monoisotopic (exact) mass is 541 g/mol. The quantitative estimate of drug-likeness (QED) is 0.263. The summed E-state index contributed by atoms with van der Waals surface area (Å²) in [6, 6.07) is 28.4. The van der Waals surface area contributed by atoms with E-state index in [2.05, 4.69) is 10.3 Å². The molecular weight excluding hydrogens is 518 g/mol. The zero-order valence-electron chi connectivity index (χ0n) is 20.1. The van der Waals surface area contributed by atoms with Gasteiger partial charge >= 0.3 is 5.97 Å². The fourth-order valence-corrected chi connectivity index (χ4v) is 6.59. The molecule has 9 heteroatoms. The van der Waals surface area contributed by atoms with E-state index >= 15 is 0 Å². The lowest BCUT2D eigenvalue weighted by Gasteiger charge is -2.36. The Kier molecular flexibility index (Phi) is 7.39. The van der Waals surface area contributed by atoms with Crippen LogP contribution in [0.3, 0.4) is 0 Å². The number of benzene rings is 3. The summed E-state index contributed by atoms with van der Waals surface area (Å²) >= 11 is 2.69. The Balaban J connectivity index is 1.51. The van der Waals surface area contributed by atoms with E-state index in [1.54, 1.807) is 5.38 Å². The molecule has 190 valence electrons. The molecule has 1 atom stereocenters. The number of thioether (sulfide) groups is 1. The molecule has 2 N–H and O–H groups in total. The first-order chi connectivity index (χ1) is 18.5. The van der Waals surface area contributed by atoms with Crippen LogP contribution in [-0.2, 0) is 9.54 Å². The maximum absolute atomic E-state index is 13.0. The SMILES string of the molecule is O=C(NC(CSC(c1ccccc1)(c1ccccc1)c1ccccc1)C(=O)O)c1cnc2sccn2c1=O. The van der Waals surface area contributed by atoms with Gasteiger partial charge in [-0.3, -0.25) is 14.0 Å². The number of carbonyl (C=O) groups excluding carboxylic acids is 1. The van der Waals surface area contributed by atoms with Gasteiger partial charge in [-0.05, 0) is 16.7 Å². The second-order valence-electron chi connectivity index (χ2n) is 8.49. The number of nitrogens with one attached hydrogen (secondary N) is 1. The lowest BCUT2D eigenvalue weighted by atomic mass is 9.84. The normalized spacial score (nSPS) is 12.2. The van der Waals surface area contributed by atoms with Gasteiger partial charge in [0.1, 0.15) is 11.6 Å². The molecule has 0 fully saturated rings. The van der Waals surface area contributed by atoms with Gasteiger partial charge in [-0.25, -0.2) is 9.78 Å². The number of hydrogen-bond acceptors (Lipinski definition) is 6. The maximum atomic E-state index is 13.0. The van der Waals surface area contributed by atoms with Crippen molar-refractivity contribution in [1.29, 1.82) is 0 Å². The third-order valence-corrected chi connectivity index (χ3v) is 8.61. The van der Waals surface area contributed by atoms with E-state index in [4.69, 9.17) is 0 Å². The molecule has 2 heterocycles. The molecule has 1 unspecified atom stereocenters. The molecule has 0 saturated heterocycles. The summed E-state index contributed by atoms with van der Waals surface area (Å²) in [7, 11) is 0. The number of fused-ring (bicyclic) bond motifs is 1. The highest BCUT2D eigenvalue weighted by atomic mass is 32.2. The molecule has 0 aliphatic carbocycles. The average molecular weight is 542 g/mol. The molecule has 5 rings (SSSR count). The minimum atomic E-state index is -1.26. The summed E-state index contributed by atoms with van der Waals surface area (Å²) in [5, 5.41) is 14.3. The van der Waals surface area contributed by atoms with Crippen molar-refractivity contribution in [1.82, 2.24) is 14.7 Å². The van der Waals surface area contributed by atoms with E-state index < -0.39 is 28.2 Å². The summed E-state index contributed by atoms with van der Waals surface area (Å²) in [5.41, 5.74) is 2.17. The van der Waals surface area contributed by atoms with E-state index in [0.717, 1.165) is 16.7 Å². The van der Waals surface area contributed by atoms with Crippen molar-refractivity contribution in [2.45, 2.75) is 10.8 Å². The number of carbonyl (C=O) groups is 2. The predicted molar refractivity (Wildman–Crippen MR) is 150 cm³/mol. The largest absolute Gasteiger partial charge is 0.480 e. The molecule has 5 aromatic rings. The summed E-state index contributed by atoms with van der Waals surface area (Å²) in [5.74, 6) is -1.94. The number of carboxylic acids is 1. The topological polar surface area (TPSA) is 101 Å². The molecule has 0 bridgehead atoms. The first kappa shape index (κ1) is 25.4. The molecular formula is C29H23N3O4S2. The Labute approximate surface area is 226 Å². The van der Waals surface area contributed by atoms with Gasteiger partial charge in [0.05, 0.1) is 4.75 Å².